The van der Waals surface area contributed by atoms with Gasteiger partial charge in [-0.05, 0) is 54.1 Å². The summed E-state index contributed by atoms with van der Waals surface area (Å²) in [6.07, 6.45) is -4.78. The monoisotopic (exact) mass is 453 g/mol. The second-order valence-electron chi connectivity index (χ2n) is 6.47. The van der Waals surface area contributed by atoms with Crippen LogP contribution in [0.3, 0.4) is 0 Å². The highest BCUT2D eigenvalue weighted by Crippen LogP contribution is 2.28. The van der Waals surface area contributed by atoms with Crippen molar-refractivity contribution in [2.75, 3.05) is 5.75 Å². The molecule has 0 amide bonds. The summed E-state index contributed by atoms with van der Waals surface area (Å²) in [7, 11) is -3.73. The molecule has 2 N–H and O–H groups in total. The van der Waals surface area contributed by atoms with Gasteiger partial charge in [0.2, 0.25) is 0 Å². The summed E-state index contributed by atoms with van der Waals surface area (Å²) >= 11 is 0. The lowest BCUT2D eigenvalue weighted by Gasteiger charge is -2.16. The molecule has 3 aromatic carbocycles. The lowest BCUT2D eigenvalue weighted by Crippen LogP contribution is -2.25. The van der Waals surface area contributed by atoms with E-state index in [-0.39, 0.29) is 22.1 Å². The standard InChI is InChI=1S/C21H18F3NO5S/c22-21(23,24)30-18-8-6-16(7-9-18)29-17-10-12-19(13-11-17)31(27,28)14-20(25-26)15-4-2-1-3-5-15/h1-13,20,25-26H,14H2. The van der Waals surface area contributed by atoms with Crippen molar-refractivity contribution in [2.45, 2.75) is 17.3 Å². The van der Waals surface area contributed by atoms with Gasteiger partial charge in [0, 0.05) is 0 Å². The van der Waals surface area contributed by atoms with E-state index in [1.54, 1.807) is 30.3 Å². The fourth-order valence-electron chi connectivity index (χ4n) is 2.77. The number of hydroxylamine groups is 1. The Hall–Kier alpha value is -3.08. The largest absolute Gasteiger partial charge is 0.573 e. The van der Waals surface area contributed by atoms with E-state index < -0.39 is 22.2 Å². The molecule has 0 spiro atoms. The van der Waals surface area contributed by atoms with Crippen molar-refractivity contribution in [2.24, 2.45) is 0 Å². The molecule has 3 aromatic rings. The van der Waals surface area contributed by atoms with Crippen molar-refractivity contribution >= 4 is 9.84 Å². The molecule has 10 heteroatoms. The first kappa shape index (κ1) is 22.6. The number of benzene rings is 3. The maximum atomic E-state index is 12.7. The SMILES string of the molecule is O=S(=O)(CC(NO)c1ccccc1)c1ccc(Oc2ccc(OC(F)(F)F)cc2)cc1. The Kier molecular flexibility index (Phi) is 6.84. The first-order valence-corrected chi connectivity index (χ1v) is 10.6. The zero-order chi connectivity index (χ0) is 22.5. The van der Waals surface area contributed by atoms with Gasteiger partial charge in [-0.2, -0.15) is 5.48 Å². The summed E-state index contributed by atoms with van der Waals surface area (Å²) in [5.41, 5.74) is 2.64. The average molecular weight is 453 g/mol. The second-order valence-corrected chi connectivity index (χ2v) is 8.50. The van der Waals surface area contributed by atoms with Crippen LogP contribution in [0, 0.1) is 0 Å². The number of alkyl halides is 3. The first-order valence-electron chi connectivity index (χ1n) is 8.97. The molecular weight excluding hydrogens is 435 g/mol. The van der Waals surface area contributed by atoms with Crippen LogP contribution in [0.4, 0.5) is 13.2 Å². The topological polar surface area (TPSA) is 84.9 Å². The fourth-order valence-corrected chi connectivity index (χ4v) is 4.22. The molecule has 0 aliphatic carbocycles. The molecule has 0 saturated carbocycles. The van der Waals surface area contributed by atoms with Crippen molar-refractivity contribution in [3.63, 3.8) is 0 Å². The highest BCUT2D eigenvalue weighted by Gasteiger charge is 2.31. The van der Waals surface area contributed by atoms with Crippen molar-refractivity contribution in [1.29, 1.82) is 0 Å². The Morgan fingerprint density at radius 2 is 1.35 bits per heavy atom. The van der Waals surface area contributed by atoms with E-state index >= 15 is 0 Å². The van der Waals surface area contributed by atoms with Gasteiger partial charge in [-0.15, -0.1) is 13.2 Å². The van der Waals surface area contributed by atoms with E-state index in [2.05, 4.69) is 4.74 Å². The fraction of sp³-hybridized carbons (Fsp3) is 0.143. The molecule has 0 aliphatic rings. The van der Waals surface area contributed by atoms with Crippen LogP contribution < -0.4 is 15.0 Å². The maximum Gasteiger partial charge on any atom is 0.573 e. The predicted molar refractivity (Wildman–Crippen MR) is 106 cm³/mol. The molecule has 0 fully saturated rings. The zero-order valence-corrected chi connectivity index (χ0v) is 16.7. The molecule has 6 nitrogen and oxygen atoms in total. The Morgan fingerprint density at radius 1 is 0.839 bits per heavy atom. The third-order valence-electron chi connectivity index (χ3n) is 4.22. The minimum atomic E-state index is -4.78. The highest BCUT2D eigenvalue weighted by atomic mass is 32.2. The summed E-state index contributed by atoms with van der Waals surface area (Å²) in [5, 5.41) is 9.37. The number of sulfone groups is 1. The van der Waals surface area contributed by atoms with E-state index in [1.165, 1.54) is 36.4 Å². The highest BCUT2D eigenvalue weighted by molar-refractivity contribution is 7.91. The van der Waals surface area contributed by atoms with Crippen molar-refractivity contribution in [3.8, 4) is 17.2 Å². The van der Waals surface area contributed by atoms with Gasteiger partial charge >= 0.3 is 6.36 Å². The molecule has 31 heavy (non-hydrogen) atoms. The molecule has 0 heterocycles. The van der Waals surface area contributed by atoms with Crippen LogP contribution in [0.1, 0.15) is 11.6 Å². The van der Waals surface area contributed by atoms with Gasteiger partial charge in [-0.1, -0.05) is 30.3 Å². The van der Waals surface area contributed by atoms with Crippen LogP contribution in [0.15, 0.2) is 83.8 Å². The normalized spacial score (nSPS) is 12.9. The van der Waals surface area contributed by atoms with Crippen LogP contribution in [-0.4, -0.2) is 25.7 Å². The van der Waals surface area contributed by atoms with E-state index in [0.29, 0.717) is 11.3 Å². The summed E-state index contributed by atoms with van der Waals surface area (Å²) in [4.78, 5) is 0.0324. The molecule has 3 rings (SSSR count). The molecule has 1 unspecified atom stereocenters. The number of nitrogens with one attached hydrogen (secondary N) is 1. The first-order chi connectivity index (χ1) is 14.7. The van der Waals surface area contributed by atoms with Crippen molar-refractivity contribution in [3.05, 3.63) is 84.4 Å². The van der Waals surface area contributed by atoms with Crippen molar-refractivity contribution in [1.82, 2.24) is 5.48 Å². The van der Waals surface area contributed by atoms with Crippen LogP contribution in [0.2, 0.25) is 0 Å². The van der Waals surface area contributed by atoms with Gasteiger partial charge in [0.1, 0.15) is 17.2 Å². The van der Waals surface area contributed by atoms with Gasteiger partial charge in [0.05, 0.1) is 16.7 Å². The van der Waals surface area contributed by atoms with Crippen LogP contribution in [-0.2, 0) is 9.84 Å². The number of ether oxygens (including phenoxy) is 2. The van der Waals surface area contributed by atoms with Gasteiger partial charge in [-0.3, -0.25) is 0 Å². The lowest BCUT2D eigenvalue weighted by atomic mass is 10.1. The summed E-state index contributed by atoms with van der Waals surface area (Å²) in [6.45, 7) is 0. The van der Waals surface area contributed by atoms with Gasteiger partial charge < -0.3 is 14.7 Å². The van der Waals surface area contributed by atoms with E-state index in [0.717, 1.165) is 12.1 Å². The van der Waals surface area contributed by atoms with Crippen LogP contribution >= 0.6 is 0 Å². The summed E-state index contributed by atoms with van der Waals surface area (Å²) in [5.74, 6) is -0.206. The minimum Gasteiger partial charge on any atom is -0.457 e. The summed E-state index contributed by atoms with van der Waals surface area (Å²) in [6, 6.07) is 18.2. The summed E-state index contributed by atoms with van der Waals surface area (Å²) < 4.78 is 71.3. The second kappa shape index (κ2) is 9.38. The number of hydrogen-bond acceptors (Lipinski definition) is 6. The molecule has 0 saturated heterocycles. The average Bonchev–Trinajstić information content (AvgIpc) is 2.73. The van der Waals surface area contributed by atoms with Gasteiger partial charge in [-0.25, -0.2) is 8.42 Å². The van der Waals surface area contributed by atoms with Crippen LogP contribution in [0.25, 0.3) is 0 Å². The van der Waals surface area contributed by atoms with Crippen molar-refractivity contribution < 1.29 is 36.3 Å². The molecule has 0 radical (unpaired) electrons. The molecule has 0 aromatic heterocycles. The van der Waals surface area contributed by atoms with Gasteiger partial charge in [0.15, 0.2) is 9.84 Å². The molecule has 0 bridgehead atoms. The molecule has 1 atom stereocenters. The van der Waals surface area contributed by atoms with E-state index in [1.807, 2.05) is 5.48 Å². The zero-order valence-electron chi connectivity index (χ0n) is 15.9. The Balaban J connectivity index is 1.67. The lowest BCUT2D eigenvalue weighted by molar-refractivity contribution is -0.274. The van der Waals surface area contributed by atoms with E-state index in [9.17, 15) is 26.8 Å². The predicted octanol–water partition coefficient (Wildman–Crippen LogP) is 4.87. The smallest absolute Gasteiger partial charge is 0.457 e. The Bertz CT molecular complexity index is 1090. The maximum absolute atomic E-state index is 12.7. The molecular formula is C21H18F3NO5S. The quantitative estimate of drug-likeness (QED) is 0.474. The Labute approximate surface area is 176 Å². The third kappa shape index (κ3) is 6.45. The Morgan fingerprint density at radius 3 is 1.87 bits per heavy atom. The number of rotatable bonds is 8. The molecule has 164 valence electrons. The molecule has 0 aliphatic heterocycles. The van der Waals surface area contributed by atoms with E-state index in [4.69, 9.17) is 4.74 Å². The third-order valence-corrected chi connectivity index (χ3v) is 5.98. The van der Waals surface area contributed by atoms with Gasteiger partial charge in [0.25, 0.3) is 0 Å². The number of halogens is 3. The van der Waals surface area contributed by atoms with Crippen LogP contribution in [0.5, 0.6) is 17.2 Å². The number of hydrogen-bond donors (Lipinski definition) is 2. The minimum absolute atomic E-state index is 0.0324.